The van der Waals surface area contributed by atoms with Gasteiger partial charge in [0.25, 0.3) is 0 Å². The first-order valence-corrected chi connectivity index (χ1v) is 32.4. The van der Waals surface area contributed by atoms with Gasteiger partial charge in [-0.1, -0.05) is 303 Å². The van der Waals surface area contributed by atoms with Crippen LogP contribution >= 0.6 is 0 Å². The van der Waals surface area contributed by atoms with Crippen LogP contribution in [-0.2, 0) is 19.1 Å². The zero-order chi connectivity index (χ0) is 54.8. The number of esters is 2. The Labute approximate surface area is 471 Å². The minimum atomic E-state index is -0.777. The van der Waals surface area contributed by atoms with E-state index in [9.17, 15) is 14.7 Å². The predicted octanol–water partition coefficient (Wildman–Crippen LogP) is 22.4. The van der Waals surface area contributed by atoms with Crippen molar-refractivity contribution in [2.75, 3.05) is 13.2 Å². The summed E-state index contributed by atoms with van der Waals surface area (Å²) in [5, 5.41) is 9.68. The first-order chi connectivity index (χ1) is 37.6. The van der Waals surface area contributed by atoms with Crippen molar-refractivity contribution < 1.29 is 24.2 Å². The fourth-order valence-electron chi connectivity index (χ4n) is 9.22. The molecular weight excluding hydrogens is 933 g/mol. The van der Waals surface area contributed by atoms with Gasteiger partial charge in [0.15, 0.2) is 6.10 Å². The van der Waals surface area contributed by atoms with Gasteiger partial charge >= 0.3 is 11.9 Å². The molecule has 436 valence electrons. The van der Waals surface area contributed by atoms with Gasteiger partial charge in [0.1, 0.15) is 6.61 Å². The van der Waals surface area contributed by atoms with Crippen molar-refractivity contribution in [1.29, 1.82) is 0 Å². The number of unbranched alkanes of at least 4 members (excludes halogenated alkanes) is 33. The van der Waals surface area contributed by atoms with Crippen LogP contribution in [0.5, 0.6) is 0 Å². The van der Waals surface area contributed by atoms with Gasteiger partial charge in [0.05, 0.1) is 6.61 Å². The molecule has 0 aliphatic carbocycles. The number of ether oxygens (including phenoxy) is 2. The Morgan fingerprint density at radius 1 is 0.316 bits per heavy atom. The highest BCUT2D eigenvalue weighted by molar-refractivity contribution is 5.70. The van der Waals surface area contributed by atoms with Crippen molar-refractivity contribution in [3.05, 3.63) is 109 Å². The molecule has 0 radical (unpaired) electrons. The average Bonchev–Trinajstić information content (AvgIpc) is 3.42. The number of aliphatic hydroxyl groups is 1. The number of allylic oxidation sites excluding steroid dienone is 18. The van der Waals surface area contributed by atoms with Crippen molar-refractivity contribution in [2.45, 2.75) is 315 Å². The summed E-state index contributed by atoms with van der Waals surface area (Å²) >= 11 is 0. The highest BCUT2D eigenvalue weighted by Gasteiger charge is 2.16. The zero-order valence-corrected chi connectivity index (χ0v) is 50.0. The molecule has 0 heterocycles. The molecule has 1 unspecified atom stereocenters. The first kappa shape index (κ1) is 72.6. The predicted molar refractivity (Wildman–Crippen MR) is 334 cm³/mol. The average molecular weight is 1060 g/mol. The Morgan fingerprint density at radius 3 is 0.868 bits per heavy atom. The molecule has 0 aliphatic rings. The molecular formula is C71H122O5. The molecule has 5 nitrogen and oxygen atoms in total. The van der Waals surface area contributed by atoms with Crippen LogP contribution in [0.2, 0.25) is 0 Å². The van der Waals surface area contributed by atoms with Gasteiger partial charge in [0, 0.05) is 12.8 Å². The number of carbonyl (C=O) groups excluding carboxylic acids is 2. The van der Waals surface area contributed by atoms with Crippen LogP contribution in [0.1, 0.15) is 309 Å². The van der Waals surface area contributed by atoms with Crippen molar-refractivity contribution in [1.82, 2.24) is 0 Å². The smallest absolute Gasteiger partial charge is 0.306 e. The molecule has 1 atom stereocenters. The van der Waals surface area contributed by atoms with Gasteiger partial charge in [-0.3, -0.25) is 9.59 Å². The molecule has 0 amide bonds. The van der Waals surface area contributed by atoms with Crippen LogP contribution in [0.3, 0.4) is 0 Å². The lowest BCUT2D eigenvalue weighted by Crippen LogP contribution is -2.28. The largest absolute Gasteiger partial charge is 0.462 e. The van der Waals surface area contributed by atoms with Crippen LogP contribution in [0.4, 0.5) is 0 Å². The van der Waals surface area contributed by atoms with E-state index in [2.05, 4.69) is 123 Å². The summed E-state index contributed by atoms with van der Waals surface area (Å²) in [4.78, 5) is 24.6. The second-order valence-corrected chi connectivity index (χ2v) is 21.5. The maximum Gasteiger partial charge on any atom is 0.306 e. The summed E-state index contributed by atoms with van der Waals surface area (Å²) in [7, 11) is 0. The molecule has 76 heavy (non-hydrogen) atoms. The van der Waals surface area contributed by atoms with E-state index in [0.717, 1.165) is 89.9 Å². The number of hydrogen-bond acceptors (Lipinski definition) is 5. The molecule has 0 fully saturated rings. The monoisotopic (exact) mass is 1050 g/mol. The molecule has 0 bridgehead atoms. The van der Waals surface area contributed by atoms with Gasteiger partial charge < -0.3 is 14.6 Å². The van der Waals surface area contributed by atoms with Crippen LogP contribution in [0.25, 0.3) is 0 Å². The number of carbonyl (C=O) groups is 2. The maximum atomic E-state index is 12.3. The van der Waals surface area contributed by atoms with Crippen LogP contribution < -0.4 is 0 Å². The minimum Gasteiger partial charge on any atom is -0.462 e. The molecule has 0 rings (SSSR count). The van der Waals surface area contributed by atoms with E-state index in [1.165, 1.54) is 193 Å². The number of aliphatic hydroxyl groups excluding tert-OH is 1. The summed E-state index contributed by atoms with van der Waals surface area (Å²) in [6.07, 6.45) is 95.2. The van der Waals surface area contributed by atoms with Crippen LogP contribution in [0, 0.1) is 0 Å². The van der Waals surface area contributed by atoms with E-state index in [-0.39, 0.29) is 25.2 Å². The Hall–Kier alpha value is -3.44. The Kier molecular flexibility index (Phi) is 62.9. The van der Waals surface area contributed by atoms with Gasteiger partial charge in [-0.15, -0.1) is 0 Å². The Bertz CT molecular complexity index is 1470. The molecule has 0 saturated heterocycles. The van der Waals surface area contributed by atoms with E-state index in [0.29, 0.717) is 12.8 Å². The lowest BCUT2D eigenvalue weighted by atomic mass is 10.0. The topological polar surface area (TPSA) is 72.8 Å². The van der Waals surface area contributed by atoms with Crippen molar-refractivity contribution >= 4 is 11.9 Å². The quantitative estimate of drug-likeness (QED) is 0.0373. The van der Waals surface area contributed by atoms with E-state index >= 15 is 0 Å². The van der Waals surface area contributed by atoms with Gasteiger partial charge in [-0.2, -0.15) is 0 Å². The van der Waals surface area contributed by atoms with E-state index in [1.54, 1.807) is 0 Å². The maximum absolute atomic E-state index is 12.3. The van der Waals surface area contributed by atoms with E-state index < -0.39 is 6.10 Å². The van der Waals surface area contributed by atoms with Gasteiger partial charge in [-0.25, -0.2) is 0 Å². The third-order valence-electron chi connectivity index (χ3n) is 14.1. The molecule has 0 aromatic rings. The second kappa shape index (κ2) is 65.8. The van der Waals surface area contributed by atoms with Crippen molar-refractivity contribution in [3.63, 3.8) is 0 Å². The fourth-order valence-corrected chi connectivity index (χ4v) is 9.22. The number of rotatable bonds is 59. The van der Waals surface area contributed by atoms with Gasteiger partial charge in [-0.05, 0) is 103 Å². The lowest BCUT2D eigenvalue weighted by Gasteiger charge is -2.15. The SMILES string of the molecule is CC/C=C\C/C=C\C/C=C\C/C=C\C/C=C\C/C=C\C/C=C\C/C=C\CCCCCCCCCCCCCCCCCCC(=O)OC(CO)COC(=O)CCCCCCCCCCC/C=C\CCCCCCCCCC. The normalized spacial score (nSPS) is 12.9. The third kappa shape index (κ3) is 63.1. The van der Waals surface area contributed by atoms with Crippen LogP contribution in [0.15, 0.2) is 109 Å². The summed E-state index contributed by atoms with van der Waals surface area (Å²) in [5.41, 5.74) is 0. The molecule has 5 heteroatoms. The highest BCUT2D eigenvalue weighted by Crippen LogP contribution is 2.17. The highest BCUT2D eigenvalue weighted by atomic mass is 16.6. The van der Waals surface area contributed by atoms with Gasteiger partial charge in [0.2, 0.25) is 0 Å². The third-order valence-corrected chi connectivity index (χ3v) is 14.1. The molecule has 0 aromatic heterocycles. The van der Waals surface area contributed by atoms with E-state index in [1.807, 2.05) is 0 Å². The summed E-state index contributed by atoms with van der Waals surface area (Å²) in [6.45, 7) is 4.05. The van der Waals surface area contributed by atoms with E-state index in [4.69, 9.17) is 9.47 Å². The van der Waals surface area contributed by atoms with Crippen LogP contribution in [-0.4, -0.2) is 36.4 Å². The zero-order valence-electron chi connectivity index (χ0n) is 50.0. The molecule has 0 aliphatic heterocycles. The minimum absolute atomic E-state index is 0.0675. The Balaban J connectivity index is 3.49. The summed E-state index contributed by atoms with van der Waals surface area (Å²) in [5.74, 6) is -0.585. The number of hydrogen-bond donors (Lipinski definition) is 1. The van der Waals surface area contributed by atoms with Crippen molar-refractivity contribution in [2.24, 2.45) is 0 Å². The summed E-state index contributed by atoms with van der Waals surface area (Å²) in [6, 6.07) is 0. The first-order valence-electron chi connectivity index (χ1n) is 32.4. The standard InChI is InChI=1S/C71H122O5/c1-3-5-7-9-11-13-15-17-19-21-23-25-26-27-28-29-30-31-32-33-34-35-36-37-38-39-40-41-42-43-44-46-48-50-52-54-56-58-60-62-64-66-71(74)76-69(67-72)68-75-70(73)65-63-61-59-57-55-53-51-49-47-45-24-22-20-18-16-14-12-10-8-6-4-2/h5,7,11,13,17,19,22-25,27-28,30-31,33-34,36-37,69,72H,3-4,6,8-10,12,14-16,18,20-21,26,29,32,35,38-68H2,1-2H3/b7-5-,13-11-,19-17-,24-22-,25-23-,28-27-,31-30-,34-33-,37-36-. The fraction of sp³-hybridized carbons (Fsp3) is 0.718. The molecule has 0 aromatic carbocycles. The molecule has 0 saturated carbocycles. The van der Waals surface area contributed by atoms with Crippen molar-refractivity contribution in [3.8, 4) is 0 Å². The molecule has 1 N–H and O–H groups in total. The second-order valence-electron chi connectivity index (χ2n) is 21.5. The lowest BCUT2D eigenvalue weighted by molar-refractivity contribution is -0.161. The molecule has 0 spiro atoms. The Morgan fingerprint density at radius 2 is 0.566 bits per heavy atom. The summed E-state index contributed by atoms with van der Waals surface area (Å²) < 4.78 is 10.7.